The largest absolute Gasteiger partial charge is 0.319 e. The topological polar surface area (TPSA) is 12.0 Å². The van der Waals surface area contributed by atoms with Crippen molar-refractivity contribution in [2.24, 2.45) is 29.1 Å². The molecule has 1 rings (SSSR count). The van der Waals surface area contributed by atoms with Gasteiger partial charge in [-0.15, -0.1) is 0 Å². The fraction of sp³-hybridized carbons (Fsp3) is 1.00. The summed E-state index contributed by atoms with van der Waals surface area (Å²) >= 11 is 0. The van der Waals surface area contributed by atoms with E-state index >= 15 is 0 Å². The smallest absolute Gasteiger partial charge is 0.00180 e. The second-order valence-electron chi connectivity index (χ2n) is 8.73. The van der Waals surface area contributed by atoms with Crippen LogP contribution in [-0.4, -0.2) is 13.6 Å². The molecule has 1 heteroatoms. The molecule has 0 heterocycles. The summed E-state index contributed by atoms with van der Waals surface area (Å²) in [5.74, 6) is 3.57. The highest BCUT2D eigenvalue weighted by Gasteiger charge is 2.42. The zero-order valence-electron chi connectivity index (χ0n) is 17.1. The SMILES string of the molecule is CCCC(CCC)C(CNC)C(CC)C(C)(C)C1CCCCC1. The Morgan fingerprint density at radius 1 is 0.957 bits per heavy atom. The van der Waals surface area contributed by atoms with Crippen LogP contribution in [0.25, 0.3) is 0 Å². The number of hydrogen-bond acceptors (Lipinski definition) is 1. The maximum atomic E-state index is 3.55. The van der Waals surface area contributed by atoms with Gasteiger partial charge in [0.1, 0.15) is 0 Å². The molecule has 1 nitrogen and oxygen atoms in total. The van der Waals surface area contributed by atoms with E-state index in [1.807, 2.05) is 0 Å². The molecule has 0 aromatic carbocycles. The maximum Gasteiger partial charge on any atom is -0.00180 e. The quantitative estimate of drug-likeness (QED) is 0.447. The summed E-state index contributed by atoms with van der Waals surface area (Å²) < 4.78 is 0. The van der Waals surface area contributed by atoms with Crippen molar-refractivity contribution in [3.63, 3.8) is 0 Å². The van der Waals surface area contributed by atoms with E-state index in [9.17, 15) is 0 Å². The van der Waals surface area contributed by atoms with E-state index in [0.29, 0.717) is 5.41 Å². The van der Waals surface area contributed by atoms with Gasteiger partial charge in [0, 0.05) is 0 Å². The van der Waals surface area contributed by atoms with Gasteiger partial charge in [0.25, 0.3) is 0 Å². The van der Waals surface area contributed by atoms with E-state index in [-0.39, 0.29) is 0 Å². The van der Waals surface area contributed by atoms with Gasteiger partial charge in [-0.2, -0.15) is 0 Å². The highest BCUT2D eigenvalue weighted by Crippen LogP contribution is 2.49. The monoisotopic (exact) mass is 323 g/mol. The molecule has 0 aliphatic heterocycles. The van der Waals surface area contributed by atoms with Crippen LogP contribution in [0.1, 0.15) is 98.8 Å². The first-order valence-corrected chi connectivity index (χ1v) is 10.7. The molecule has 0 amide bonds. The first kappa shape index (κ1) is 21.0. The maximum absolute atomic E-state index is 3.55. The van der Waals surface area contributed by atoms with Crippen molar-refractivity contribution in [1.82, 2.24) is 5.32 Å². The van der Waals surface area contributed by atoms with Crippen molar-refractivity contribution in [2.75, 3.05) is 13.6 Å². The summed E-state index contributed by atoms with van der Waals surface area (Å²) in [6.07, 6.45) is 14.2. The van der Waals surface area contributed by atoms with Crippen LogP contribution in [0.15, 0.2) is 0 Å². The van der Waals surface area contributed by atoms with Crippen molar-refractivity contribution < 1.29 is 0 Å². The number of nitrogens with one attached hydrogen (secondary N) is 1. The Balaban J connectivity index is 2.97. The third-order valence-electron chi connectivity index (χ3n) is 6.93. The lowest BCUT2D eigenvalue weighted by molar-refractivity contribution is 0.0176. The average molecular weight is 324 g/mol. The van der Waals surface area contributed by atoms with Crippen LogP contribution in [-0.2, 0) is 0 Å². The highest BCUT2D eigenvalue weighted by molar-refractivity contribution is 4.92. The Hall–Kier alpha value is -0.0400. The summed E-state index contributed by atoms with van der Waals surface area (Å²) in [6.45, 7) is 13.6. The molecule has 0 bridgehead atoms. The Morgan fingerprint density at radius 2 is 1.52 bits per heavy atom. The first-order chi connectivity index (χ1) is 11.0. The Bertz CT molecular complexity index is 284. The third-order valence-corrected chi connectivity index (χ3v) is 6.93. The summed E-state index contributed by atoms with van der Waals surface area (Å²) in [6, 6.07) is 0. The molecule has 1 saturated carbocycles. The summed E-state index contributed by atoms with van der Waals surface area (Å²) in [7, 11) is 2.16. The van der Waals surface area contributed by atoms with Crippen LogP contribution < -0.4 is 5.32 Å². The molecule has 1 aliphatic carbocycles. The van der Waals surface area contributed by atoms with Gasteiger partial charge in [-0.3, -0.25) is 0 Å². The van der Waals surface area contributed by atoms with Crippen LogP contribution in [0, 0.1) is 29.1 Å². The van der Waals surface area contributed by atoms with Crippen molar-refractivity contribution in [3.05, 3.63) is 0 Å². The van der Waals surface area contributed by atoms with Crippen molar-refractivity contribution in [3.8, 4) is 0 Å². The summed E-state index contributed by atoms with van der Waals surface area (Å²) in [5, 5.41) is 3.55. The summed E-state index contributed by atoms with van der Waals surface area (Å²) in [5.41, 5.74) is 0.496. The van der Waals surface area contributed by atoms with Gasteiger partial charge < -0.3 is 5.32 Å². The summed E-state index contributed by atoms with van der Waals surface area (Å²) in [4.78, 5) is 0. The van der Waals surface area contributed by atoms with Crippen molar-refractivity contribution in [2.45, 2.75) is 98.8 Å². The predicted molar refractivity (Wildman–Crippen MR) is 105 cm³/mol. The Morgan fingerprint density at radius 3 is 1.96 bits per heavy atom. The van der Waals surface area contributed by atoms with Crippen molar-refractivity contribution in [1.29, 1.82) is 0 Å². The van der Waals surface area contributed by atoms with Crippen LogP contribution >= 0.6 is 0 Å². The fourth-order valence-electron chi connectivity index (χ4n) is 5.72. The van der Waals surface area contributed by atoms with E-state index in [1.54, 1.807) is 0 Å². The number of rotatable bonds is 11. The van der Waals surface area contributed by atoms with E-state index in [4.69, 9.17) is 0 Å². The second kappa shape index (κ2) is 10.7. The molecule has 0 saturated heterocycles. The molecule has 0 aromatic rings. The van der Waals surface area contributed by atoms with Gasteiger partial charge >= 0.3 is 0 Å². The molecule has 1 fully saturated rings. The van der Waals surface area contributed by atoms with E-state index < -0.39 is 0 Å². The van der Waals surface area contributed by atoms with Gasteiger partial charge in [0.15, 0.2) is 0 Å². The molecule has 1 N–H and O–H groups in total. The van der Waals surface area contributed by atoms with Crippen molar-refractivity contribution >= 4 is 0 Å². The molecule has 0 spiro atoms. The average Bonchev–Trinajstić information content (AvgIpc) is 2.55. The van der Waals surface area contributed by atoms with Crippen LogP contribution in [0.3, 0.4) is 0 Å². The molecule has 138 valence electrons. The lowest BCUT2D eigenvalue weighted by Crippen LogP contribution is -2.43. The normalized spacial score (nSPS) is 20.0. The lowest BCUT2D eigenvalue weighted by Gasteiger charge is -2.48. The molecule has 2 unspecified atom stereocenters. The minimum atomic E-state index is 0.496. The lowest BCUT2D eigenvalue weighted by atomic mass is 9.58. The number of hydrogen-bond donors (Lipinski definition) is 1. The van der Waals surface area contributed by atoms with Gasteiger partial charge in [0.05, 0.1) is 0 Å². The second-order valence-corrected chi connectivity index (χ2v) is 8.73. The zero-order chi connectivity index (χ0) is 17.3. The predicted octanol–water partition coefficient (Wildman–Crippen LogP) is 6.67. The fourth-order valence-corrected chi connectivity index (χ4v) is 5.72. The standard InChI is InChI=1S/C22H45N/c1-7-13-18(14-8-2)20(17-23-6)21(9-3)22(4,5)19-15-11-10-12-16-19/h18-21,23H,7-17H2,1-6H3. The van der Waals surface area contributed by atoms with E-state index in [1.165, 1.54) is 70.8 Å². The Kier molecular flexibility index (Phi) is 9.82. The molecule has 1 aliphatic rings. The van der Waals surface area contributed by atoms with Crippen LogP contribution in [0.4, 0.5) is 0 Å². The highest BCUT2D eigenvalue weighted by atomic mass is 14.8. The minimum absolute atomic E-state index is 0.496. The van der Waals surface area contributed by atoms with E-state index in [0.717, 1.165) is 23.7 Å². The van der Waals surface area contributed by atoms with Gasteiger partial charge in [-0.25, -0.2) is 0 Å². The van der Waals surface area contributed by atoms with Gasteiger partial charge in [-0.05, 0) is 55.5 Å². The van der Waals surface area contributed by atoms with Crippen LogP contribution in [0.5, 0.6) is 0 Å². The van der Waals surface area contributed by atoms with Gasteiger partial charge in [-0.1, -0.05) is 86.0 Å². The van der Waals surface area contributed by atoms with Crippen LogP contribution in [0.2, 0.25) is 0 Å². The molecular weight excluding hydrogens is 278 g/mol. The van der Waals surface area contributed by atoms with Gasteiger partial charge in [0.2, 0.25) is 0 Å². The molecule has 0 radical (unpaired) electrons. The minimum Gasteiger partial charge on any atom is -0.319 e. The zero-order valence-corrected chi connectivity index (χ0v) is 17.1. The molecule has 2 atom stereocenters. The molecule has 0 aromatic heterocycles. The third kappa shape index (κ3) is 5.76. The molecular formula is C22H45N. The Labute approximate surface area is 147 Å². The van der Waals surface area contributed by atoms with E-state index in [2.05, 4.69) is 47.0 Å². The molecule has 23 heavy (non-hydrogen) atoms. The first-order valence-electron chi connectivity index (χ1n) is 10.7.